The second-order valence-corrected chi connectivity index (χ2v) is 7.02. The van der Waals surface area contributed by atoms with E-state index in [9.17, 15) is 4.79 Å². The van der Waals surface area contributed by atoms with Crippen LogP contribution in [0.1, 0.15) is 9.67 Å². The number of thioether (sulfide) groups is 1. The monoisotopic (exact) mass is 380 g/mol. The molecule has 1 aromatic heterocycles. The highest BCUT2D eigenvalue weighted by molar-refractivity contribution is 9.10. The van der Waals surface area contributed by atoms with Gasteiger partial charge in [0.15, 0.2) is 5.78 Å². The first kappa shape index (κ1) is 14.4. The summed E-state index contributed by atoms with van der Waals surface area (Å²) < 4.78 is 0.854. The fraction of sp³-hybridized carbons (Fsp3) is 0.0833. The number of carbonyl (C=O) groups is 1. The van der Waals surface area contributed by atoms with Crippen LogP contribution in [0, 0.1) is 0 Å². The Balaban J connectivity index is 2.02. The Morgan fingerprint density at radius 2 is 2.06 bits per heavy atom. The Hall–Kier alpha value is -0.000000000000000111. The minimum atomic E-state index is 0.105. The van der Waals surface area contributed by atoms with Crippen molar-refractivity contribution in [1.29, 1.82) is 0 Å². The van der Waals surface area contributed by atoms with Crippen LogP contribution in [0.5, 0.6) is 0 Å². The Morgan fingerprint density at radius 3 is 2.67 bits per heavy atom. The molecule has 0 aliphatic heterocycles. The lowest BCUT2D eigenvalue weighted by Crippen LogP contribution is -2.00. The first-order valence-corrected chi connectivity index (χ1v) is 8.33. The summed E-state index contributed by atoms with van der Waals surface area (Å²) in [6.07, 6.45) is 0. The molecule has 1 aromatic carbocycles. The smallest absolute Gasteiger partial charge is 0.184 e. The molecule has 0 saturated carbocycles. The SMILES string of the molecule is O=C(CSc1ccc(Cl)c(Cl)c1)c1sccc1Br. The van der Waals surface area contributed by atoms with Crippen LogP contribution in [0.25, 0.3) is 0 Å². The number of rotatable bonds is 4. The van der Waals surface area contributed by atoms with Crippen molar-refractivity contribution in [3.63, 3.8) is 0 Å². The largest absolute Gasteiger partial charge is 0.292 e. The number of thiophene rings is 1. The zero-order chi connectivity index (χ0) is 13.1. The van der Waals surface area contributed by atoms with Gasteiger partial charge in [0.05, 0.1) is 20.7 Å². The number of carbonyl (C=O) groups excluding carboxylic acids is 1. The van der Waals surface area contributed by atoms with Crippen molar-refractivity contribution < 1.29 is 4.79 Å². The minimum Gasteiger partial charge on any atom is -0.292 e. The quantitative estimate of drug-likeness (QED) is 0.492. The van der Waals surface area contributed by atoms with Gasteiger partial charge in [0.1, 0.15) is 0 Å². The third-order valence-electron chi connectivity index (χ3n) is 2.13. The molecule has 94 valence electrons. The van der Waals surface area contributed by atoms with E-state index in [2.05, 4.69) is 15.9 Å². The van der Waals surface area contributed by atoms with Gasteiger partial charge in [0, 0.05) is 9.37 Å². The number of hydrogen-bond acceptors (Lipinski definition) is 3. The van der Waals surface area contributed by atoms with Gasteiger partial charge in [-0.2, -0.15) is 0 Å². The zero-order valence-corrected chi connectivity index (χ0v) is 13.7. The first-order chi connectivity index (χ1) is 8.58. The van der Waals surface area contributed by atoms with E-state index in [4.69, 9.17) is 23.2 Å². The molecule has 0 unspecified atom stereocenters. The van der Waals surface area contributed by atoms with Crippen LogP contribution in [0.4, 0.5) is 0 Å². The second-order valence-electron chi connectivity index (χ2n) is 3.39. The van der Waals surface area contributed by atoms with E-state index in [0.29, 0.717) is 15.8 Å². The van der Waals surface area contributed by atoms with E-state index in [-0.39, 0.29) is 5.78 Å². The second kappa shape index (κ2) is 6.44. The van der Waals surface area contributed by atoms with Gasteiger partial charge in [-0.05, 0) is 45.6 Å². The Bertz CT molecular complexity index is 583. The summed E-state index contributed by atoms with van der Waals surface area (Å²) in [6.45, 7) is 0. The van der Waals surface area contributed by atoms with Crippen molar-refractivity contribution in [1.82, 2.24) is 0 Å². The maximum Gasteiger partial charge on any atom is 0.184 e. The summed E-state index contributed by atoms with van der Waals surface area (Å²) >= 11 is 18.0. The predicted octanol–water partition coefficient (Wildman–Crippen LogP) is 5.79. The van der Waals surface area contributed by atoms with Gasteiger partial charge in [-0.1, -0.05) is 23.2 Å². The third-order valence-corrected chi connectivity index (χ3v) is 5.74. The molecule has 0 spiro atoms. The summed E-state index contributed by atoms with van der Waals surface area (Å²) in [7, 11) is 0. The van der Waals surface area contributed by atoms with Gasteiger partial charge in [0.2, 0.25) is 0 Å². The van der Waals surface area contributed by atoms with Crippen molar-refractivity contribution in [2.75, 3.05) is 5.75 Å². The maximum absolute atomic E-state index is 12.0. The van der Waals surface area contributed by atoms with Crippen LogP contribution in [0.15, 0.2) is 39.0 Å². The normalized spacial score (nSPS) is 10.6. The fourth-order valence-electron chi connectivity index (χ4n) is 1.27. The van der Waals surface area contributed by atoms with Gasteiger partial charge in [-0.3, -0.25) is 4.79 Å². The summed E-state index contributed by atoms with van der Waals surface area (Å²) in [5, 5.41) is 2.92. The van der Waals surface area contributed by atoms with E-state index < -0.39 is 0 Å². The first-order valence-electron chi connectivity index (χ1n) is 4.92. The van der Waals surface area contributed by atoms with E-state index in [1.165, 1.54) is 23.1 Å². The van der Waals surface area contributed by atoms with Crippen LogP contribution in [0.3, 0.4) is 0 Å². The zero-order valence-electron chi connectivity index (χ0n) is 8.95. The number of ketones is 1. The van der Waals surface area contributed by atoms with Crippen LogP contribution >= 0.6 is 62.2 Å². The molecule has 0 amide bonds. The van der Waals surface area contributed by atoms with Crippen molar-refractivity contribution in [2.24, 2.45) is 0 Å². The van der Waals surface area contributed by atoms with Crippen molar-refractivity contribution in [2.45, 2.75) is 4.90 Å². The highest BCUT2D eigenvalue weighted by atomic mass is 79.9. The molecular weight excluding hydrogens is 375 g/mol. The highest BCUT2D eigenvalue weighted by Crippen LogP contribution is 2.30. The minimum absolute atomic E-state index is 0.105. The van der Waals surface area contributed by atoms with Crippen molar-refractivity contribution >= 4 is 68.0 Å². The van der Waals surface area contributed by atoms with E-state index >= 15 is 0 Å². The van der Waals surface area contributed by atoms with Crippen molar-refractivity contribution in [3.05, 3.63) is 49.0 Å². The molecule has 0 atom stereocenters. The summed E-state index contributed by atoms with van der Waals surface area (Å²) in [5.41, 5.74) is 0. The van der Waals surface area contributed by atoms with Crippen LogP contribution in [-0.2, 0) is 0 Å². The van der Waals surface area contributed by atoms with Crippen molar-refractivity contribution in [3.8, 4) is 0 Å². The van der Waals surface area contributed by atoms with E-state index in [1.807, 2.05) is 17.5 Å². The summed E-state index contributed by atoms with van der Waals surface area (Å²) in [6, 6.07) is 7.24. The molecule has 2 aromatic rings. The molecule has 1 heterocycles. The molecule has 18 heavy (non-hydrogen) atoms. The Kier molecular flexibility index (Phi) is 5.15. The molecule has 0 aliphatic carbocycles. The topological polar surface area (TPSA) is 17.1 Å². The number of hydrogen-bond donors (Lipinski definition) is 0. The maximum atomic E-state index is 12.0. The van der Waals surface area contributed by atoms with Gasteiger partial charge < -0.3 is 0 Å². The molecular formula is C12H7BrCl2OS2. The molecule has 6 heteroatoms. The van der Waals surface area contributed by atoms with Crippen LogP contribution < -0.4 is 0 Å². The number of Topliss-reactive ketones (excluding diaryl/α,β-unsaturated/α-hetero) is 1. The van der Waals surface area contributed by atoms with Gasteiger partial charge in [-0.25, -0.2) is 0 Å². The fourth-order valence-corrected chi connectivity index (χ4v) is 4.07. The highest BCUT2D eigenvalue weighted by Gasteiger charge is 2.12. The van der Waals surface area contributed by atoms with Gasteiger partial charge in [-0.15, -0.1) is 23.1 Å². The average Bonchev–Trinajstić information content (AvgIpc) is 2.77. The van der Waals surface area contributed by atoms with E-state index in [1.54, 1.807) is 12.1 Å². The molecule has 0 radical (unpaired) electrons. The van der Waals surface area contributed by atoms with Gasteiger partial charge >= 0.3 is 0 Å². The number of benzene rings is 1. The lowest BCUT2D eigenvalue weighted by molar-refractivity contribution is 0.102. The van der Waals surface area contributed by atoms with Gasteiger partial charge in [0.25, 0.3) is 0 Å². The summed E-state index contributed by atoms with van der Waals surface area (Å²) in [4.78, 5) is 13.6. The predicted molar refractivity (Wildman–Crippen MR) is 83.5 cm³/mol. The average molecular weight is 382 g/mol. The molecule has 0 N–H and O–H groups in total. The van der Waals surface area contributed by atoms with E-state index in [0.717, 1.165) is 14.2 Å². The molecule has 0 saturated heterocycles. The Labute approximate surface area is 132 Å². The lowest BCUT2D eigenvalue weighted by Gasteiger charge is -2.02. The number of halogens is 3. The Morgan fingerprint density at radius 1 is 1.28 bits per heavy atom. The molecule has 0 fully saturated rings. The standard InChI is InChI=1S/C12H7BrCl2OS2/c13-8-3-4-17-12(8)11(16)6-18-7-1-2-9(14)10(15)5-7/h1-5H,6H2. The molecule has 2 rings (SSSR count). The third kappa shape index (κ3) is 3.52. The molecule has 0 bridgehead atoms. The van der Waals surface area contributed by atoms with Crippen LogP contribution in [0.2, 0.25) is 10.0 Å². The molecule has 1 nitrogen and oxygen atoms in total. The van der Waals surface area contributed by atoms with Crippen LogP contribution in [-0.4, -0.2) is 11.5 Å². The lowest BCUT2D eigenvalue weighted by atomic mass is 10.3. The molecule has 0 aliphatic rings. The summed E-state index contributed by atoms with van der Waals surface area (Å²) in [5.74, 6) is 0.491.